The largest absolute Gasteiger partial charge is 0.483 e. The lowest BCUT2D eigenvalue weighted by molar-refractivity contribution is -0.118. The maximum Gasteiger partial charge on any atom is 0.262 e. The van der Waals surface area contributed by atoms with E-state index in [0.29, 0.717) is 11.3 Å². The van der Waals surface area contributed by atoms with Crippen LogP contribution in [0.4, 0.5) is 10.1 Å². The highest BCUT2D eigenvalue weighted by Crippen LogP contribution is 2.61. The average Bonchev–Trinajstić information content (AvgIpc) is 2.78. The molecular weight excluding hydrogens is 419 g/mol. The van der Waals surface area contributed by atoms with Gasteiger partial charge in [0.1, 0.15) is 11.6 Å². The zero-order chi connectivity index (χ0) is 23.0. The van der Waals surface area contributed by atoms with Gasteiger partial charge in [-0.15, -0.1) is 0 Å². The Morgan fingerprint density at radius 1 is 1.00 bits per heavy atom. The third-order valence-electron chi connectivity index (χ3n) is 7.99. The Hall–Kier alpha value is -2.89. The van der Waals surface area contributed by atoms with Gasteiger partial charge in [0.15, 0.2) is 6.61 Å². The van der Waals surface area contributed by atoms with Crippen molar-refractivity contribution in [3.8, 4) is 5.75 Å². The quantitative estimate of drug-likeness (QED) is 0.611. The molecule has 6 heteroatoms. The fourth-order valence-corrected chi connectivity index (χ4v) is 6.81. The lowest BCUT2D eigenvalue weighted by Gasteiger charge is -2.59. The maximum atomic E-state index is 13.8. The summed E-state index contributed by atoms with van der Waals surface area (Å²) in [7, 11) is 0. The summed E-state index contributed by atoms with van der Waals surface area (Å²) < 4.78 is 19.4. The number of benzene rings is 2. The van der Waals surface area contributed by atoms with E-state index >= 15 is 0 Å². The van der Waals surface area contributed by atoms with Gasteiger partial charge >= 0.3 is 0 Å². The Morgan fingerprint density at radius 3 is 2.27 bits per heavy atom. The first-order chi connectivity index (χ1) is 15.9. The molecule has 2 amide bonds. The van der Waals surface area contributed by atoms with Crippen LogP contribution in [0.25, 0.3) is 0 Å². The minimum Gasteiger partial charge on any atom is -0.483 e. The van der Waals surface area contributed by atoms with E-state index in [4.69, 9.17) is 4.74 Å². The van der Waals surface area contributed by atoms with Crippen molar-refractivity contribution < 1.29 is 18.7 Å². The van der Waals surface area contributed by atoms with Crippen LogP contribution in [0.5, 0.6) is 5.75 Å². The lowest BCUT2D eigenvalue weighted by atomic mass is 9.48. The molecule has 2 N–H and O–H groups in total. The van der Waals surface area contributed by atoms with Gasteiger partial charge in [-0.1, -0.05) is 24.3 Å². The topological polar surface area (TPSA) is 67.4 Å². The van der Waals surface area contributed by atoms with Crippen molar-refractivity contribution in [3.63, 3.8) is 0 Å². The van der Waals surface area contributed by atoms with Gasteiger partial charge in [0, 0.05) is 6.04 Å². The number of amides is 2. The number of hydrogen-bond donors (Lipinski definition) is 2. The molecule has 0 heterocycles. The summed E-state index contributed by atoms with van der Waals surface area (Å²) in [5.41, 5.74) is 0.717. The zero-order valence-electron chi connectivity index (χ0n) is 19.0. The molecule has 4 saturated carbocycles. The molecule has 4 aliphatic rings. The molecule has 0 aromatic heterocycles. The summed E-state index contributed by atoms with van der Waals surface area (Å²) in [4.78, 5) is 25.5. The predicted molar refractivity (Wildman–Crippen MR) is 124 cm³/mol. The maximum absolute atomic E-state index is 13.8. The Bertz CT molecular complexity index is 1020. The van der Waals surface area contributed by atoms with Crippen molar-refractivity contribution >= 4 is 17.5 Å². The summed E-state index contributed by atoms with van der Waals surface area (Å²) in [6.07, 6.45) is 7.75. The van der Waals surface area contributed by atoms with E-state index in [1.165, 1.54) is 50.7 Å². The smallest absolute Gasteiger partial charge is 0.262 e. The van der Waals surface area contributed by atoms with E-state index in [-0.39, 0.29) is 29.7 Å². The number of halogens is 1. The first-order valence-electron chi connectivity index (χ1n) is 12.0. The van der Waals surface area contributed by atoms with Gasteiger partial charge in [0.2, 0.25) is 0 Å². The van der Waals surface area contributed by atoms with Gasteiger partial charge in [0.25, 0.3) is 11.8 Å². The number of carbonyl (C=O) groups excluding carboxylic acids is 2. The van der Waals surface area contributed by atoms with Crippen molar-refractivity contribution in [2.75, 3.05) is 11.9 Å². The number of anilines is 1. The minimum atomic E-state index is -0.510. The van der Waals surface area contributed by atoms with Crippen molar-refractivity contribution in [2.45, 2.75) is 51.5 Å². The third-order valence-corrected chi connectivity index (χ3v) is 7.99. The van der Waals surface area contributed by atoms with E-state index in [2.05, 4.69) is 17.6 Å². The van der Waals surface area contributed by atoms with E-state index in [0.717, 1.165) is 17.8 Å². The van der Waals surface area contributed by atoms with Gasteiger partial charge in [-0.05, 0) is 92.9 Å². The zero-order valence-corrected chi connectivity index (χ0v) is 19.0. The number of ether oxygens (including phenoxy) is 1. The van der Waals surface area contributed by atoms with E-state index < -0.39 is 11.7 Å². The van der Waals surface area contributed by atoms with Crippen LogP contribution in [-0.2, 0) is 4.79 Å². The van der Waals surface area contributed by atoms with Gasteiger partial charge in [-0.2, -0.15) is 0 Å². The first-order valence-corrected chi connectivity index (χ1v) is 12.0. The molecule has 0 radical (unpaired) electrons. The van der Waals surface area contributed by atoms with Crippen molar-refractivity contribution in [1.82, 2.24) is 5.32 Å². The summed E-state index contributed by atoms with van der Waals surface area (Å²) in [6.45, 7) is 1.83. The highest BCUT2D eigenvalue weighted by Gasteiger charge is 2.53. The van der Waals surface area contributed by atoms with Crippen LogP contribution < -0.4 is 15.4 Å². The van der Waals surface area contributed by atoms with Crippen LogP contribution in [0.15, 0.2) is 48.5 Å². The molecule has 4 bridgehead atoms. The molecule has 0 spiro atoms. The van der Waals surface area contributed by atoms with Crippen LogP contribution in [0.1, 0.15) is 55.8 Å². The van der Waals surface area contributed by atoms with Crippen molar-refractivity contribution in [2.24, 2.45) is 23.2 Å². The van der Waals surface area contributed by atoms with Gasteiger partial charge in [0.05, 0.1) is 11.3 Å². The molecule has 6 rings (SSSR count). The number of hydrogen-bond acceptors (Lipinski definition) is 3. The molecule has 4 fully saturated rings. The Balaban J connectivity index is 1.22. The minimum absolute atomic E-state index is 0.0933. The van der Waals surface area contributed by atoms with Crippen molar-refractivity contribution in [1.29, 1.82) is 0 Å². The Labute approximate surface area is 194 Å². The molecule has 1 unspecified atom stereocenters. The van der Waals surface area contributed by atoms with E-state index in [9.17, 15) is 14.0 Å². The highest BCUT2D eigenvalue weighted by molar-refractivity contribution is 5.97. The second-order valence-electron chi connectivity index (χ2n) is 10.3. The van der Waals surface area contributed by atoms with Gasteiger partial charge < -0.3 is 15.4 Å². The van der Waals surface area contributed by atoms with Crippen LogP contribution in [0, 0.1) is 29.0 Å². The number of carbonyl (C=O) groups is 2. The number of nitrogens with one attached hydrogen (secondary N) is 2. The number of para-hydroxylation sites is 2. The molecule has 1 atom stereocenters. The monoisotopic (exact) mass is 450 g/mol. The molecule has 0 aliphatic heterocycles. The molecular formula is C27H31FN2O3. The van der Waals surface area contributed by atoms with E-state index in [1.54, 1.807) is 36.4 Å². The fourth-order valence-electron chi connectivity index (χ4n) is 6.81. The second kappa shape index (κ2) is 8.81. The average molecular weight is 451 g/mol. The van der Waals surface area contributed by atoms with Crippen molar-refractivity contribution in [3.05, 3.63) is 59.9 Å². The summed E-state index contributed by atoms with van der Waals surface area (Å²) in [5.74, 6) is 1.62. The summed E-state index contributed by atoms with van der Waals surface area (Å²) in [5, 5.41) is 5.76. The van der Waals surface area contributed by atoms with E-state index in [1.807, 2.05) is 0 Å². The second-order valence-corrected chi connectivity index (χ2v) is 10.3. The van der Waals surface area contributed by atoms with Gasteiger partial charge in [-0.3, -0.25) is 9.59 Å². The molecule has 174 valence electrons. The molecule has 4 aliphatic carbocycles. The molecule has 0 saturated heterocycles. The number of rotatable bonds is 7. The Kier molecular flexibility index (Phi) is 5.85. The first kappa shape index (κ1) is 21.9. The molecule has 33 heavy (non-hydrogen) atoms. The predicted octanol–water partition coefficient (Wildman–Crippen LogP) is 5.18. The van der Waals surface area contributed by atoms with Gasteiger partial charge in [-0.25, -0.2) is 4.39 Å². The molecule has 2 aromatic rings. The van der Waals surface area contributed by atoms with Crippen LogP contribution in [0.2, 0.25) is 0 Å². The molecule has 2 aromatic carbocycles. The molecule has 5 nitrogen and oxygen atoms in total. The van der Waals surface area contributed by atoms with Crippen LogP contribution in [0.3, 0.4) is 0 Å². The summed E-state index contributed by atoms with van der Waals surface area (Å²) in [6, 6.07) is 13.0. The van der Waals surface area contributed by atoms with Crippen LogP contribution >= 0.6 is 0 Å². The Morgan fingerprint density at radius 2 is 1.61 bits per heavy atom. The SMILES string of the molecule is CC(NC(=O)c1ccccc1OCC(=O)Nc1ccccc1F)C12CC3CC(CC(C3)C1)C2. The highest BCUT2D eigenvalue weighted by atomic mass is 19.1. The third kappa shape index (κ3) is 4.48. The fraction of sp³-hybridized carbons (Fsp3) is 0.481. The standard InChI is InChI=1S/C27H31FN2O3/c1-17(27-13-18-10-19(14-27)12-20(11-18)15-27)29-26(32)21-6-2-5-9-24(21)33-16-25(31)30-23-8-4-3-7-22(23)28/h2-9,17-20H,10-16H2,1H3,(H,29,32)(H,30,31). The normalized spacial score (nSPS) is 28.2. The van der Waals surface area contributed by atoms with Crippen LogP contribution in [-0.4, -0.2) is 24.5 Å². The summed E-state index contributed by atoms with van der Waals surface area (Å²) >= 11 is 0. The lowest BCUT2D eigenvalue weighted by Crippen LogP contribution is -2.55.